The summed E-state index contributed by atoms with van der Waals surface area (Å²) in [6.07, 6.45) is 1.20. The summed E-state index contributed by atoms with van der Waals surface area (Å²) in [6.45, 7) is 6.24. The average molecular weight is 572 g/mol. The third-order valence-corrected chi connectivity index (χ3v) is 8.01. The maximum Gasteiger partial charge on any atom is 0.229 e. The lowest BCUT2D eigenvalue weighted by atomic mass is 10.1. The predicted octanol–water partition coefficient (Wildman–Crippen LogP) is 5.76. The Kier molecular flexibility index (Phi) is 9.85. The van der Waals surface area contributed by atoms with Crippen molar-refractivity contribution in [3.05, 3.63) is 83.7 Å². The Morgan fingerprint density at radius 2 is 1.68 bits per heavy atom. The van der Waals surface area contributed by atoms with Crippen LogP contribution in [0, 0.1) is 0 Å². The quantitative estimate of drug-likeness (QED) is 0.209. The van der Waals surface area contributed by atoms with Gasteiger partial charge in [-0.15, -0.1) is 11.3 Å². The van der Waals surface area contributed by atoms with Gasteiger partial charge < -0.3 is 29.9 Å². The van der Waals surface area contributed by atoms with Crippen LogP contribution in [0.2, 0.25) is 0 Å². The number of carbonyl (C=O) groups is 1. The van der Waals surface area contributed by atoms with E-state index in [0.717, 1.165) is 78.2 Å². The SMILES string of the molecule is COc1ccccc1Nc1nc(-c2ccccc2)c(CC(=O)Nc2ccc(OCCCN3CCN(C)CC3)cc2)s1. The second-order valence-corrected chi connectivity index (χ2v) is 11.2. The van der Waals surface area contributed by atoms with Gasteiger partial charge in [-0.3, -0.25) is 4.79 Å². The van der Waals surface area contributed by atoms with Crippen molar-refractivity contribution in [2.24, 2.45) is 0 Å². The molecule has 5 rings (SSSR count). The monoisotopic (exact) mass is 571 g/mol. The Bertz CT molecular complexity index is 1400. The number of likely N-dealkylation sites (N-methyl/N-ethyl adjacent to an activating group) is 1. The number of aromatic nitrogens is 1. The molecule has 1 fully saturated rings. The molecular formula is C32H37N5O3S. The van der Waals surface area contributed by atoms with E-state index < -0.39 is 0 Å². The number of para-hydroxylation sites is 2. The van der Waals surface area contributed by atoms with Crippen molar-refractivity contribution in [3.63, 3.8) is 0 Å². The summed E-state index contributed by atoms with van der Waals surface area (Å²) in [7, 11) is 3.81. The van der Waals surface area contributed by atoms with E-state index in [0.29, 0.717) is 11.7 Å². The number of amides is 1. The van der Waals surface area contributed by atoms with Crippen LogP contribution < -0.4 is 20.1 Å². The first-order valence-corrected chi connectivity index (χ1v) is 14.8. The van der Waals surface area contributed by atoms with Crippen LogP contribution in [0.15, 0.2) is 78.9 Å². The molecule has 1 aliphatic rings. The lowest BCUT2D eigenvalue weighted by Crippen LogP contribution is -2.44. The number of benzene rings is 3. The molecule has 1 aliphatic heterocycles. The maximum absolute atomic E-state index is 13.1. The van der Waals surface area contributed by atoms with Crippen molar-refractivity contribution in [1.82, 2.24) is 14.8 Å². The number of nitrogens with zero attached hydrogens (tertiary/aromatic N) is 3. The molecule has 1 amide bonds. The predicted molar refractivity (Wildman–Crippen MR) is 167 cm³/mol. The Morgan fingerprint density at radius 3 is 2.44 bits per heavy atom. The molecule has 2 N–H and O–H groups in total. The van der Waals surface area contributed by atoms with Gasteiger partial charge in [0.15, 0.2) is 5.13 Å². The second kappa shape index (κ2) is 14.1. The largest absolute Gasteiger partial charge is 0.495 e. The molecule has 3 aromatic carbocycles. The second-order valence-electron chi connectivity index (χ2n) is 10.1. The molecule has 4 aromatic rings. The van der Waals surface area contributed by atoms with E-state index in [-0.39, 0.29) is 12.3 Å². The first-order valence-electron chi connectivity index (χ1n) is 14.0. The number of anilines is 3. The molecule has 0 aliphatic carbocycles. The van der Waals surface area contributed by atoms with E-state index in [2.05, 4.69) is 27.5 Å². The number of hydrogen-bond acceptors (Lipinski definition) is 8. The highest BCUT2D eigenvalue weighted by Gasteiger charge is 2.18. The highest BCUT2D eigenvalue weighted by atomic mass is 32.1. The highest BCUT2D eigenvalue weighted by Crippen LogP contribution is 2.35. The van der Waals surface area contributed by atoms with Gasteiger partial charge in [-0.25, -0.2) is 4.98 Å². The molecule has 41 heavy (non-hydrogen) atoms. The Balaban J connectivity index is 1.17. The molecule has 8 nitrogen and oxygen atoms in total. The average Bonchev–Trinajstić information content (AvgIpc) is 3.39. The Morgan fingerprint density at radius 1 is 0.951 bits per heavy atom. The van der Waals surface area contributed by atoms with Crippen LogP contribution in [-0.4, -0.2) is 74.2 Å². The van der Waals surface area contributed by atoms with E-state index in [1.165, 1.54) is 11.3 Å². The third-order valence-electron chi connectivity index (χ3n) is 7.04. The summed E-state index contributed by atoms with van der Waals surface area (Å²) in [6, 6.07) is 25.2. The van der Waals surface area contributed by atoms with Crippen molar-refractivity contribution >= 4 is 33.8 Å². The molecule has 0 bridgehead atoms. The lowest BCUT2D eigenvalue weighted by molar-refractivity contribution is -0.115. The minimum absolute atomic E-state index is 0.101. The molecule has 0 spiro atoms. The molecule has 0 atom stereocenters. The number of ether oxygens (including phenoxy) is 2. The van der Waals surface area contributed by atoms with Crippen molar-refractivity contribution < 1.29 is 14.3 Å². The summed E-state index contributed by atoms with van der Waals surface area (Å²) in [4.78, 5) is 23.7. The Labute approximate surface area is 245 Å². The minimum atomic E-state index is -0.101. The van der Waals surface area contributed by atoms with Gasteiger partial charge in [0.25, 0.3) is 0 Å². The number of piperazine rings is 1. The number of nitrogens with one attached hydrogen (secondary N) is 2. The first kappa shape index (κ1) is 28.6. The molecule has 214 valence electrons. The van der Waals surface area contributed by atoms with Gasteiger partial charge >= 0.3 is 0 Å². The van der Waals surface area contributed by atoms with Gasteiger partial charge in [-0.1, -0.05) is 42.5 Å². The molecule has 1 aromatic heterocycles. The van der Waals surface area contributed by atoms with Gasteiger partial charge in [0.1, 0.15) is 11.5 Å². The van der Waals surface area contributed by atoms with E-state index in [1.807, 2.05) is 78.9 Å². The van der Waals surface area contributed by atoms with Crippen molar-refractivity contribution in [2.75, 3.05) is 64.1 Å². The number of rotatable bonds is 12. The van der Waals surface area contributed by atoms with Crippen molar-refractivity contribution in [2.45, 2.75) is 12.8 Å². The number of methoxy groups -OCH3 is 1. The molecular weight excluding hydrogens is 534 g/mol. The number of thiazole rings is 1. The Hall–Kier alpha value is -3.92. The number of carbonyl (C=O) groups excluding carboxylic acids is 1. The summed E-state index contributed by atoms with van der Waals surface area (Å²) in [5, 5.41) is 7.08. The smallest absolute Gasteiger partial charge is 0.229 e. The van der Waals surface area contributed by atoms with E-state index in [9.17, 15) is 4.79 Å². The molecule has 2 heterocycles. The van der Waals surface area contributed by atoms with Gasteiger partial charge in [0.2, 0.25) is 5.91 Å². The molecule has 9 heteroatoms. The summed E-state index contributed by atoms with van der Waals surface area (Å²) >= 11 is 1.47. The zero-order valence-electron chi connectivity index (χ0n) is 23.6. The van der Waals surface area contributed by atoms with Gasteiger partial charge in [0, 0.05) is 48.9 Å². The fraction of sp³-hybridized carbons (Fsp3) is 0.312. The number of hydrogen-bond donors (Lipinski definition) is 2. The van der Waals surface area contributed by atoms with E-state index in [1.54, 1.807) is 7.11 Å². The first-order chi connectivity index (χ1) is 20.1. The topological polar surface area (TPSA) is 79.0 Å². The van der Waals surface area contributed by atoms with E-state index >= 15 is 0 Å². The molecule has 0 saturated carbocycles. The van der Waals surface area contributed by atoms with Crippen LogP contribution in [0.25, 0.3) is 11.3 Å². The van der Waals surface area contributed by atoms with Crippen LogP contribution in [0.5, 0.6) is 11.5 Å². The summed E-state index contributed by atoms with van der Waals surface area (Å²) in [5.74, 6) is 1.43. The van der Waals surface area contributed by atoms with Crippen LogP contribution >= 0.6 is 11.3 Å². The van der Waals surface area contributed by atoms with Gasteiger partial charge in [-0.2, -0.15) is 0 Å². The standard InChI is InChI=1S/C32H37N5O3S/c1-36-18-20-37(21-19-36)17-8-22-40-26-15-13-25(14-16-26)33-30(38)23-29-31(24-9-4-3-5-10-24)35-32(41-29)34-27-11-6-7-12-28(27)39-2/h3-7,9-16H,8,17-23H2,1-2H3,(H,33,38)(H,34,35). The van der Waals surface area contributed by atoms with E-state index in [4.69, 9.17) is 14.5 Å². The highest BCUT2D eigenvalue weighted by molar-refractivity contribution is 7.16. The third kappa shape index (κ3) is 8.07. The molecule has 0 unspecified atom stereocenters. The zero-order valence-corrected chi connectivity index (χ0v) is 24.5. The molecule has 0 radical (unpaired) electrons. The van der Waals surface area contributed by atoms with Crippen molar-refractivity contribution in [1.29, 1.82) is 0 Å². The lowest BCUT2D eigenvalue weighted by Gasteiger charge is -2.32. The summed E-state index contributed by atoms with van der Waals surface area (Å²) < 4.78 is 11.4. The fourth-order valence-electron chi connectivity index (χ4n) is 4.74. The van der Waals surface area contributed by atoms with Crippen molar-refractivity contribution in [3.8, 4) is 22.8 Å². The zero-order chi connectivity index (χ0) is 28.4. The van der Waals surface area contributed by atoms with Gasteiger partial charge in [0.05, 0.1) is 31.5 Å². The normalized spacial score (nSPS) is 14.0. The van der Waals surface area contributed by atoms with Crippen LogP contribution in [0.1, 0.15) is 11.3 Å². The summed E-state index contributed by atoms with van der Waals surface area (Å²) in [5.41, 5.74) is 3.32. The van der Waals surface area contributed by atoms with Gasteiger partial charge in [-0.05, 0) is 49.9 Å². The molecule has 1 saturated heterocycles. The van der Waals surface area contributed by atoms with Crippen LogP contribution in [0.3, 0.4) is 0 Å². The van der Waals surface area contributed by atoms with Crippen LogP contribution in [-0.2, 0) is 11.2 Å². The van der Waals surface area contributed by atoms with Crippen LogP contribution in [0.4, 0.5) is 16.5 Å². The minimum Gasteiger partial charge on any atom is -0.495 e. The maximum atomic E-state index is 13.1. The fourth-order valence-corrected chi connectivity index (χ4v) is 5.74.